The Hall–Kier alpha value is -1.39. The summed E-state index contributed by atoms with van der Waals surface area (Å²) in [6, 6.07) is 7.91. The van der Waals surface area contributed by atoms with Crippen LogP contribution < -0.4 is 10.6 Å². The summed E-state index contributed by atoms with van der Waals surface area (Å²) in [6.45, 7) is 8.31. The van der Waals surface area contributed by atoms with E-state index in [1.807, 2.05) is 24.3 Å². The number of rotatable bonds is 9. The van der Waals surface area contributed by atoms with Crippen molar-refractivity contribution in [3.05, 3.63) is 29.8 Å². The molecule has 0 heterocycles. The molecule has 0 saturated carbocycles. The molecule has 0 fully saturated rings. The molecule has 4 heteroatoms. The van der Waals surface area contributed by atoms with Crippen LogP contribution in [0.25, 0.3) is 0 Å². The molecular formula is C16H26N2O2. The highest BCUT2D eigenvalue weighted by Gasteiger charge is 1.97. The van der Waals surface area contributed by atoms with Gasteiger partial charge in [-0.3, -0.25) is 4.79 Å². The van der Waals surface area contributed by atoms with Crippen molar-refractivity contribution in [2.45, 2.75) is 46.3 Å². The molecule has 1 amide bonds. The van der Waals surface area contributed by atoms with E-state index >= 15 is 0 Å². The van der Waals surface area contributed by atoms with E-state index in [4.69, 9.17) is 4.74 Å². The number of anilines is 1. The van der Waals surface area contributed by atoms with Gasteiger partial charge in [-0.05, 0) is 50.9 Å². The van der Waals surface area contributed by atoms with Gasteiger partial charge >= 0.3 is 0 Å². The fraction of sp³-hybridized carbons (Fsp3) is 0.562. The van der Waals surface area contributed by atoms with Crippen LogP contribution in [-0.2, 0) is 16.1 Å². The Labute approximate surface area is 121 Å². The normalized spacial score (nSPS) is 10.8. The van der Waals surface area contributed by atoms with E-state index in [1.54, 1.807) is 0 Å². The maximum atomic E-state index is 10.9. The highest BCUT2D eigenvalue weighted by atomic mass is 16.5. The number of carbonyl (C=O) groups excluding carboxylic acids is 1. The first kappa shape index (κ1) is 16.7. The molecular weight excluding hydrogens is 252 g/mol. The minimum absolute atomic E-state index is 0.0421. The standard InChI is InChI=1S/C16H26N2O2/c1-13(2)20-11-5-4-10-17-12-15-6-8-16(9-7-15)18-14(3)19/h6-9,13,17H,4-5,10-12H2,1-3H3,(H,18,19). The molecule has 0 bridgehead atoms. The third-order valence-corrected chi connectivity index (χ3v) is 2.80. The van der Waals surface area contributed by atoms with Gasteiger partial charge < -0.3 is 15.4 Å². The van der Waals surface area contributed by atoms with Crippen LogP contribution in [0.1, 0.15) is 39.2 Å². The molecule has 0 unspecified atom stereocenters. The number of unbranched alkanes of at least 4 members (excludes halogenated alkanes) is 1. The molecule has 0 aliphatic heterocycles. The molecule has 0 atom stereocenters. The zero-order valence-corrected chi connectivity index (χ0v) is 12.7. The molecule has 0 spiro atoms. The van der Waals surface area contributed by atoms with Gasteiger partial charge in [0, 0.05) is 25.8 Å². The lowest BCUT2D eigenvalue weighted by Crippen LogP contribution is -2.15. The average Bonchev–Trinajstić information content (AvgIpc) is 2.38. The molecule has 0 aromatic heterocycles. The van der Waals surface area contributed by atoms with Gasteiger partial charge in [0.05, 0.1) is 6.10 Å². The van der Waals surface area contributed by atoms with Crippen molar-refractivity contribution < 1.29 is 9.53 Å². The number of benzene rings is 1. The Balaban J connectivity index is 2.11. The topological polar surface area (TPSA) is 50.4 Å². The summed E-state index contributed by atoms with van der Waals surface area (Å²) in [7, 11) is 0. The van der Waals surface area contributed by atoms with Gasteiger partial charge in [-0.25, -0.2) is 0 Å². The lowest BCUT2D eigenvalue weighted by Gasteiger charge is -2.08. The summed E-state index contributed by atoms with van der Waals surface area (Å²) in [5, 5.41) is 6.17. The average molecular weight is 278 g/mol. The van der Waals surface area contributed by atoms with E-state index < -0.39 is 0 Å². The zero-order chi connectivity index (χ0) is 14.8. The van der Waals surface area contributed by atoms with Crippen LogP contribution in [0.5, 0.6) is 0 Å². The number of nitrogens with one attached hydrogen (secondary N) is 2. The first-order chi connectivity index (χ1) is 9.58. The maximum absolute atomic E-state index is 10.9. The third-order valence-electron chi connectivity index (χ3n) is 2.80. The molecule has 2 N–H and O–H groups in total. The Bertz CT molecular complexity index is 388. The summed E-state index contributed by atoms with van der Waals surface area (Å²) in [5.74, 6) is -0.0421. The predicted molar refractivity (Wildman–Crippen MR) is 82.8 cm³/mol. The Morgan fingerprint density at radius 3 is 2.50 bits per heavy atom. The van der Waals surface area contributed by atoms with Crippen LogP contribution in [0.3, 0.4) is 0 Å². The second-order valence-electron chi connectivity index (χ2n) is 5.18. The number of amides is 1. The molecule has 0 aliphatic rings. The van der Waals surface area contributed by atoms with E-state index in [0.717, 1.165) is 38.2 Å². The molecule has 1 aromatic carbocycles. The highest BCUT2D eigenvalue weighted by Crippen LogP contribution is 2.09. The molecule has 20 heavy (non-hydrogen) atoms. The second-order valence-corrected chi connectivity index (χ2v) is 5.18. The minimum Gasteiger partial charge on any atom is -0.379 e. The number of ether oxygens (including phenoxy) is 1. The lowest BCUT2D eigenvalue weighted by atomic mass is 10.2. The molecule has 112 valence electrons. The maximum Gasteiger partial charge on any atom is 0.221 e. The first-order valence-electron chi connectivity index (χ1n) is 7.27. The summed E-state index contributed by atoms with van der Waals surface area (Å²) in [5.41, 5.74) is 2.06. The fourth-order valence-electron chi connectivity index (χ4n) is 1.81. The molecule has 1 rings (SSSR count). The SMILES string of the molecule is CC(=O)Nc1ccc(CNCCCCOC(C)C)cc1. The van der Waals surface area contributed by atoms with Gasteiger partial charge in [0.15, 0.2) is 0 Å². The van der Waals surface area contributed by atoms with Crippen molar-refractivity contribution in [3.63, 3.8) is 0 Å². The summed E-state index contributed by atoms with van der Waals surface area (Å²) in [6.07, 6.45) is 2.54. The van der Waals surface area contributed by atoms with Gasteiger partial charge in [-0.2, -0.15) is 0 Å². The zero-order valence-electron chi connectivity index (χ0n) is 12.7. The quantitative estimate of drug-likeness (QED) is 0.683. The van der Waals surface area contributed by atoms with Crippen molar-refractivity contribution in [1.29, 1.82) is 0 Å². The number of hydrogen-bond donors (Lipinski definition) is 2. The molecule has 0 saturated heterocycles. The van der Waals surface area contributed by atoms with Gasteiger partial charge in [0.1, 0.15) is 0 Å². The van der Waals surface area contributed by atoms with Crippen molar-refractivity contribution >= 4 is 11.6 Å². The van der Waals surface area contributed by atoms with Crippen molar-refractivity contribution in [3.8, 4) is 0 Å². The van der Waals surface area contributed by atoms with Crippen molar-refractivity contribution in [1.82, 2.24) is 5.32 Å². The fourth-order valence-corrected chi connectivity index (χ4v) is 1.81. The number of hydrogen-bond acceptors (Lipinski definition) is 3. The van der Waals surface area contributed by atoms with Gasteiger partial charge in [0.25, 0.3) is 0 Å². The third kappa shape index (κ3) is 7.92. The van der Waals surface area contributed by atoms with E-state index in [9.17, 15) is 4.79 Å². The van der Waals surface area contributed by atoms with E-state index in [2.05, 4.69) is 24.5 Å². The molecule has 4 nitrogen and oxygen atoms in total. The van der Waals surface area contributed by atoms with E-state index in [0.29, 0.717) is 6.10 Å². The van der Waals surface area contributed by atoms with Gasteiger partial charge in [0.2, 0.25) is 5.91 Å². The predicted octanol–water partition coefficient (Wildman–Crippen LogP) is 2.94. The van der Waals surface area contributed by atoms with Crippen molar-refractivity contribution in [2.75, 3.05) is 18.5 Å². The molecule has 0 radical (unpaired) electrons. The highest BCUT2D eigenvalue weighted by molar-refractivity contribution is 5.88. The van der Waals surface area contributed by atoms with Crippen LogP contribution in [0, 0.1) is 0 Å². The van der Waals surface area contributed by atoms with Gasteiger partial charge in [-0.1, -0.05) is 12.1 Å². The Morgan fingerprint density at radius 2 is 1.90 bits per heavy atom. The van der Waals surface area contributed by atoms with Crippen LogP contribution in [-0.4, -0.2) is 25.2 Å². The molecule has 1 aromatic rings. The van der Waals surface area contributed by atoms with Crippen LogP contribution in [0.2, 0.25) is 0 Å². The monoisotopic (exact) mass is 278 g/mol. The van der Waals surface area contributed by atoms with E-state index in [1.165, 1.54) is 12.5 Å². The first-order valence-corrected chi connectivity index (χ1v) is 7.27. The van der Waals surface area contributed by atoms with Gasteiger partial charge in [-0.15, -0.1) is 0 Å². The van der Waals surface area contributed by atoms with Crippen LogP contribution >= 0.6 is 0 Å². The number of carbonyl (C=O) groups is 1. The van der Waals surface area contributed by atoms with Crippen molar-refractivity contribution in [2.24, 2.45) is 0 Å². The minimum atomic E-state index is -0.0421. The smallest absolute Gasteiger partial charge is 0.221 e. The Kier molecular flexibility index (Phi) is 7.92. The largest absolute Gasteiger partial charge is 0.379 e. The Morgan fingerprint density at radius 1 is 1.20 bits per heavy atom. The summed E-state index contributed by atoms with van der Waals surface area (Å²) in [4.78, 5) is 10.9. The summed E-state index contributed by atoms with van der Waals surface area (Å²) >= 11 is 0. The van der Waals surface area contributed by atoms with Crippen LogP contribution in [0.15, 0.2) is 24.3 Å². The van der Waals surface area contributed by atoms with E-state index in [-0.39, 0.29) is 5.91 Å². The second kappa shape index (κ2) is 9.50. The lowest BCUT2D eigenvalue weighted by molar-refractivity contribution is -0.114. The molecule has 0 aliphatic carbocycles. The summed E-state index contributed by atoms with van der Waals surface area (Å²) < 4.78 is 5.49. The van der Waals surface area contributed by atoms with Crippen LogP contribution in [0.4, 0.5) is 5.69 Å².